The van der Waals surface area contributed by atoms with Crippen LogP contribution in [0.3, 0.4) is 0 Å². The number of hydrogen-bond acceptors (Lipinski definition) is 6. The Morgan fingerprint density at radius 2 is 1.58 bits per heavy atom. The molecule has 192 valence electrons. The summed E-state index contributed by atoms with van der Waals surface area (Å²) in [6.45, 7) is 6.39. The van der Waals surface area contributed by atoms with Crippen molar-refractivity contribution in [3.8, 4) is 0 Å². The molecular weight excluding hydrogens is 420 g/mol. The average Bonchev–Trinajstić information content (AvgIpc) is 3.13. The summed E-state index contributed by atoms with van der Waals surface area (Å²) >= 11 is 0. The van der Waals surface area contributed by atoms with E-state index >= 15 is 0 Å². The van der Waals surface area contributed by atoms with Gasteiger partial charge in [0.25, 0.3) is 0 Å². The molecule has 4 aliphatic rings. The van der Waals surface area contributed by atoms with E-state index in [1.54, 1.807) is 0 Å². The Labute approximate surface area is 199 Å². The van der Waals surface area contributed by atoms with E-state index in [2.05, 4.69) is 20.8 Å². The van der Waals surface area contributed by atoms with Gasteiger partial charge in [-0.2, -0.15) is 0 Å². The monoisotopic (exact) mass is 468 g/mol. The fraction of sp³-hybridized carbons (Fsp3) is 1.00. The minimum absolute atomic E-state index is 0.0862. The SMILES string of the molecule is C[C@H](CCC(O)C(CO)CO)[C@H]1CC[C@H]2[C@@H]3[C@H](O)C[C@@H]4C[C@H](O)CC[C@]4(C)[C@H]3C[C@H](O)[C@]12C. The highest BCUT2D eigenvalue weighted by Crippen LogP contribution is 2.68. The lowest BCUT2D eigenvalue weighted by Gasteiger charge is -2.63. The summed E-state index contributed by atoms with van der Waals surface area (Å²) in [6, 6.07) is 0. The van der Waals surface area contributed by atoms with Crippen molar-refractivity contribution in [2.24, 2.45) is 52.3 Å². The third kappa shape index (κ3) is 4.21. The molecule has 4 saturated carbocycles. The number of aliphatic hydroxyl groups excluding tert-OH is 6. The predicted molar refractivity (Wildman–Crippen MR) is 126 cm³/mol. The maximum atomic E-state index is 11.6. The number of rotatable bonds is 7. The Balaban J connectivity index is 1.51. The molecular formula is C27H48O6. The van der Waals surface area contributed by atoms with Crippen molar-refractivity contribution >= 4 is 0 Å². The van der Waals surface area contributed by atoms with Crippen LogP contribution >= 0.6 is 0 Å². The molecule has 4 aliphatic carbocycles. The molecule has 1 unspecified atom stereocenters. The van der Waals surface area contributed by atoms with Crippen LogP contribution in [0.15, 0.2) is 0 Å². The normalized spacial score (nSPS) is 49.3. The first-order valence-corrected chi connectivity index (χ1v) is 13.5. The molecule has 4 fully saturated rings. The van der Waals surface area contributed by atoms with Gasteiger partial charge >= 0.3 is 0 Å². The molecule has 0 radical (unpaired) electrons. The Bertz CT molecular complexity index is 669. The van der Waals surface area contributed by atoms with Crippen molar-refractivity contribution in [2.75, 3.05) is 13.2 Å². The minimum Gasteiger partial charge on any atom is -0.396 e. The van der Waals surface area contributed by atoms with Crippen molar-refractivity contribution in [2.45, 2.75) is 103 Å². The van der Waals surface area contributed by atoms with E-state index in [-0.39, 0.29) is 42.2 Å². The molecule has 0 amide bonds. The van der Waals surface area contributed by atoms with Gasteiger partial charge in [-0.15, -0.1) is 0 Å². The molecule has 6 N–H and O–H groups in total. The zero-order valence-corrected chi connectivity index (χ0v) is 20.8. The van der Waals surface area contributed by atoms with Crippen LogP contribution in [-0.2, 0) is 0 Å². The first-order valence-electron chi connectivity index (χ1n) is 13.5. The molecule has 0 aromatic rings. The first kappa shape index (κ1) is 25.8. The lowest BCUT2D eigenvalue weighted by atomic mass is 9.43. The van der Waals surface area contributed by atoms with Gasteiger partial charge in [-0.3, -0.25) is 0 Å². The van der Waals surface area contributed by atoms with Gasteiger partial charge < -0.3 is 30.6 Å². The van der Waals surface area contributed by atoms with E-state index in [9.17, 15) is 30.6 Å². The highest BCUT2D eigenvalue weighted by Gasteiger charge is 2.65. The lowest BCUT2D eigenvalue weighted by molar-refractivity contribution is -0.207. The zero-order chi connectivity index (χ0) is 24.1. The highest BCUT2D eigenvalue weighted by atomic mass is 16.3. The van der Waals surface area contributed by atoms with Crippen molar-refractivity contribution < 1.29 is 30.6 Å². The van der Waals surface area contributed by atoms with Gasteiger partial charge in [-0.05, 0) is 104 Å². The Kier molecular flexibility index (Phi) is 7.57. The van der Waals surface area contributed by atoms with Gasteiger partial charge in [0.05, 0.1) is 37.6 Å². The van der Waals surface area contributed by atoms with Crippen molar-refractivity contribution in [3.05, 3.63) is 0 Å². The van der Waals surface area contributed by atoms with Crippen LogP contribution in [0.4, 0.5) is 0 Å². The smallest absolute Gasteiger partial charge is 0.0612 e. The molecule has 0 aromatic heterocycles. The van der Waals surface area contributed by atoms with Gasteiger partial charge in [-0.25, -0.2) is 0 Å². The summed E-state index contributed by atoms with van der Waals surface area (Å²) in [7, 11) is 0. The van der Waals surface area contributed by atoms with Crippen LogP contribution in [0, 0.1) is 52.3 Å². The second-order valence-electron chi connectivity index (χ2n) is 12.8. The molecule has 6 heteroatoms. The fourth-order valence-corrected chi connectivity index (χ4v) is 9.30. The Morgan fingerprint density at radius 1 is 0.879 bits per heavy atom. The van der Waals surface area contributed by atoms with Crippen LogP contribution in [0.25, 0.3) is 0 Å². The number of hydrogen-bond donors (Lipinski definition) is 6. The molecule has 33 heavy (non-hydrogen) atoms. The second kappa shape index (κ2) is 9.67. The third-order valence-corrected chi connectivity index (χ3v) is 11.5. The average molecular weight is 469 g/mol. The van der Waals surface area contributed by atoms with Gasteiger partial charge in [0.15, 0.2) is 0 Å². The molecule has 0 heterocycles. The van der Waals surface area contributed by atoms with E-state index in [0.717, 1.165) is 51.4 Å². The minimum atomic E-state index is -0.716. The van der Waals surface area contributed by atoms with Crippen molar-refractivity contribution in [1.29, 1.82) is 0 Å². The molecule has 6 nitrogen and oxygen atoms in total. The second-order valence-corrected chi connectivity index (χ2v) is 12.8. The lowest BCUT2D eigenvalue weighted by Crippen LogP contribution is -2.62. The summed E-state index contributed by atoms with van der Waals surface area (Å²) in [5.41, 5.74) is -0.153. The zero-order valence-electron chi connectivity index (χ0n) is 20.8. The summed E-state index contributed by atoms with van der Waals surface area (Å²) in [5, 5.41) is 62.4. The van der Waals surface area contributed by atoms with Gasteiger partial charge in [-0.1, -0.05) is 20.8 Å². The maximum Gasteiger partial charge on any atom is 0.0612 e. The fourth-order valence-electron chi connectivity index (χ4n) is 9.30. The Hall–Kier alpha value is -0.240. The molecule has 0 aromatic carbocycles. The summed E-state index contributed by atoms with van der Waals surface area (Å²) in [6.07, 6.45) is 5.77. The number of fused-ring (bicyclic) bond motifs is 5. The van der Waals surface area contributed by atoms with Crippen LogP contribution in [0.2, 0.25) is 0 Å². The van der Waals surface area contributed by atoms with E-state index < -0.39 is 18.1 Å². The van der Waals surface area contributed by atoms with Gasteiger partial charge in [0, 0.05) is 5.92 Å². The van der Waals surface area contributed by atoms with Crippen LogP contribution < -0.4 is 0 Å². The molecule has 0 saturated heterocycles. The Morgan fingerprint density at radius 3 is 2.24 bits per heavy atom. The van der Waals surface area contributed by atoms with Gasteiger partial charge in [0.2, 0.25) is 0 Å². The summed E-state index contributed by atoms with van der Waals surface area (Å²) in [5.74, 6) is 1.29. The first-order chi connectivity index (χ1) is 15.6. The standard InChI is InChI=1S/C27H48O6/c1-15(4-7-22(31)16(13-28)14-29)19-5-6-20-25-21(12-24(33)27(19,20)3)26(2)9-8-18(30)10-17(26)11-23(25)32/h15-25,28-33H,4-14H2,1-3H3/t15-,17+,18-,19-,20+,21+,22?,23-,24+,25+,26+,27-/m1/s1. The molecule has 0 bridgehead atoms. The largest absolute Gasteiger partial charge is 0.396 e. The maximum absolute atomic E-state index is 11.6. The molecule has 12 atom stereocenters. The predicted octanol–water partition coefficient (Wildman–Crippen LogP) is 2.33. The van der Waals surface area contributed by atoms with E-state index in [0.29, 0.717) is 36.0 Å². The van der Waals surface area contributed by atoms with Crippen LogP contribution in [0.1, 0.15) is 78.6 Å². The quantitative estimate of drug-likeness (QED) is 0.341. The molecule has 0 aliphatic heterocycles. The van der Waals surface area contributed by atoms with Crippen LogP contribution in [0.5, 0.6) is 0 Å². The van der Waals surface area contributed by atoms with E-state index in [4.69, 9.17) is 0 Å². The summed E-state index contributed by atoms with van der Waals surface area (Å²) < 4.78 is 0. The molecule has 4 rings (SSSR count). The highest BCUT2D eigenvalue weighted by molar-refractivity contribution is 5.14. The third-order valence-electron chi connectivity index (χ3n) is 11.5. The van der Waals surface area contributed by atoms with E-state index in [1.165, 1.54) is 0 Å². The van der Waals surface area contributed by atoms with Gasteiger partial charge in [0.1, 0.15) is 0 Å². The van der Waals surface area contributed by atoms with E-state index in [1.807, 2.05) is 0 Å². The van der Waals surface area contributed by atoms with Crippen molar-refractivity contribution in [1.82, 2.24) is 0 Å². The van der Waals surface area contributed by atoms with Crippen molar-refractivity contribution in [3.63, 3.8) is 0 Å². The topological polar surface area (TPSA) is 121 Å². The molecule has 0 spiro atoms. The summed E-state index contributed by atoms with van der Waals surface area (Å²) in [4.78, 5) is 0. The number of aliphatic hydroxyl groups is 6. The van der Waals surface area contributed by atoms with Crippen LogP contribution in [-0.4, -0.2) is 68.3 Å².